The van der Waals surface area contributed by atoms with Crippen molar-refractivity contribution in [2.45, 2.75) is 6.42 Å². The number of fused-ring (bicyclic) bond motifs is 1. The Bertz CT molecular complexity index is 738. The fraction of sp³-hybridized carbons (Fsp3) is 0.333. The first kappa shape index (κ1) is 16.6. The SMILES string of the molecule is CN1CC(=O)N=C1N.COc1cc2[nH]cc(CCN)c2cc1O. The quantitative estimate of drug-likeness (QED) is 0.637. The second-order valence-corrected chi connectivity index (χ2v) is 5.14. The van der Waals surface area contributed by atoms with Gasteiger partial charge in [-0.05, 0) is 24.6 Å². The molecular weight excluding hydrogens is 298 g/mol. The number of nitrogens with one attached hydrogen (secondary N) is 1. The van der Waals surface area contributed by atoms with E-state index in [2.05, 4.69) is 9.98 Å². The van der Waals surface area contributed by atoms with E-state index in [0.29, 0.717) is 24.8 Å². The van der Waals surface area contributed by atoms with Crippen molar-refractivity contribution in [3.63, 3.8) is 0 Å². The zero-order valence-corrected chi connectivity index (χ0v) is 13.2. The Morgan fingerprint density at radius 1 is 1.48 bits per heavy atom. The minimum atomic E-state index is -0.162. The summed E-state index contributed by atoms with van der Waals surface area (Å²) in [4.78, 5) is 18.5. The largest absolute Gasteiger partial charge is 0.504 e. The molecule has 3 rings (SSSR count). The minimum absolute atomic E-state index is 0.155. The van der Waals surface area contributed by atoms with E-state index in [1.54, 1.807) is 24.1 Å². The summed E-state index contributed by atoms with van der Waals surface area (Å²) in [5, 5.41) is 10.6. The highest BCUT2D eigenvalue weighted by molar-refractivity contribution is 5.99. The number of ether oxygens (including phenoxy) is 1. The molecule has 0 saturated carbocycles. The lowest BCUT2D eigenvalue weighted by atomic mass is 10.1. The highest BCUT2D eigenvalue weighted by Gasteiger charge is 2.15. The molecule has 2 heterocycles. The van der Waals surface area contributed by atoms with Gasteiger partial charge in [-0.1, -0.05) is 0 Å². The second kappa shape index (κ2) is 7.01. The Morgan fingerprint density at radius 2 is 2.22 bits per heavy atom. The third-order valence-electron chi connectivity index (χ3n) is 3.48. The van der Waals surface area contributed by atoms with E-state index in [0.717, 1.165) is 22.9 Å². The molecule has 1 aliphatic rings. The number of carbonyl (C=O) groups excluding carboxylic acids is 1. The number of aromatic amines is 1. The first-order valence-electron chi connectivity index (χ1n) is 7.11. The smallest absolute Gasteiger partial charge is 0.268 e. The van der Waals surface area contributed by atoms with Gasteiger partial charge in [-0.25, -0.2) is 0 Å². The summed E-state index contributed by atoms with van der Waals surface area (Å²) in [5.74, 6) is 0.784. The van der Waals surface area contributed by atoms with E-state index in [4.69, 9.17) is 16.2 Å². The molecule has 2 aromatic rings. The summed E-state index contributed by atoms with van der Waals surface area (Å²) >= 11 is 0. The zero-order chi connectivity index (χ0) is 17.0. The van der Waals surface area contributed by atoms with Gasteiger partial charge >= 0.3 is 0 Å². The Morgan fingerprint density at radius 3 is 2.70 bits per heavy atom. The molecule has 0 aliphatic carbocycles. The Balaban J connectivity index is 0.000000203. The molecule has 23 heavy (non-hydrogen) atoms. The van der Waals surface area contributed by atoms with Gasteiger partial charge in [-0.2, -0.15) is 4.99 Å². The summed E-state index contributed by atoms with van der Waals surface area (Å²) in [6, 6.07) is 3.49. The van der Waals surface area contributed by atoms with Crippen molar-refractivity contribution in [3.05, 3.63) is 23.9 Å². The number of nitrogens with zero attached hydrogens (tertiary/aromatic N) is 2. The molecule has 0 radical (unpaired) electrons. The number of phenolic OH excluding ortho intramolecular Hbond substituents is 1. The number of aromatic hydroxyl groups is 1. The maximum absolute atomic E-state index is 10.4. The molecule has 0 atom stereocenters. The molecule has 0 spiro atoms. The number of likely N-dealkylation sites (N-methyl/N-ethyl adjacent to an activating group) is 1. The van der Waals surface area contributed by atoms with Crippen LogP contribution in [0.25, 0.3) is 10.9 Å². The number of phenols is 1. The van der Waals surface area contributed by atoms with Crippen LogP contribution in [0.5, 0.6) is 11.5 Å². The summed E-state index contributed by atoms with van der Waals surface area (Å²) in [7, 11) is 3.26. The number of carbonyl (C=O) groups is 1. The van der Waals surface area contributed by atoms with Gasteiger partial charge in [0.05, 0.1) is 7.11 Å². The van der Waals surface area contributed by atoms with Gasteiger partial charge in [-0.3, -0.25) is 4.79 Å². The number of nitrogens with two attached hydrogens (primary N) is 2. The van der Waals surface area contributed by atoms with Crippen LogP contribution < -0.4 is 16.2 Å². The average molecular weight is 319 g/mol. The van der Waals surface area contributed by atoms with Crippen molar-refractivity contribution in [2.75, 3.05) is 27.2 Å². The molecular formula is C15H21N5O3. The van der Waals surface area contributed by atoms with Crippen LogP contribution in [0.15, 0.2) is 23.3 Å². The molecule has 0 unspecified atom stereocenters. The van der Waals surface area contributed by atoms with Crippen molar-refractivity contribution in [1.29, 1.82) is 0 Å². The minimum Gasteiger partial charge on any atom is -0.504 e. The Kier molecular flexibility index (Phi) is 5.07. The van der Waals surface area contributed by atoms with Gasteiger partial charge in [0.2, 0.25) is 0 Å². The summed E-state index contributed by atoms with van der Waals surface area (Å²) < 4.78 is 5.03. The number of hydrogen-bond acceptors (Lipinski definition) is 6. The predicted molar refractivity (Wildman–Crippen MR) is 88.5 cm³/mol. The molecule has 6 N–H and O–H groups in total. The van der Waals surface area contributed by atoms with Crippen molar-refractivity contribution in [1.82, 2.24) is 9.88 Å². The molecule has 0 saturated heterocycles. The highest BCUT2D eigenvalue weighted by atomic mass is 16.5. The molecule has 1 aromatic carbocycles. The molecule has 0 bridgehead atoms. The van der Waals surface area contributed by atoms with Gasteiger partial charge in [-0.15, -0.1) is 0 Å². The maximum atomic E-state index is 10.4. The second-order valence-electron chi connectivity index (χ2n) is 5.14. The van der Waals surface area contributed by atoms with E-state index in [1.807, 2.05) is 6.20 Å². The molecule has 1 amide bonds. The number of hydrogen-bond donors (Lipinski definition) is 4. The molecule has 124 valence electrons. The fourth-order valence-electron chi connectivity index (χ4n) is 2.25. The van der Waals surface area contributed by atoms with Crippen LogP contribution in [0.3, 0.4) is 0 Å². The number of rotatable bonds is 3. The van der Waals surface area contributed by atoms with Crippen LogP contribution in [0.2, 0.25) is 0 Å². The molecule has 1 aromatic heterocycles. The van der Waals surface area contributed by atoms with Crippen molar-refractivity contribution >= 4 is 22.8 Å². The van der Waals surface area contributed by atoms with Crippen molar-refractivity contribution in [3.8, 4) is 11.5 Å². The van der Waals surface area contributed by atoms with Gasteiger partial charge in [0.15, 0.2) is 17.5 Å². The van der Waals surface area contributed by atoms with Gasteiger partial charge in [0.1, 0.15) is 6.54 Å². The number of methoxy groups -OCH3 is 1. The number of aromatic nitrogens is 1. The van der Waals surface area contributed by atoms with Gasteiger partial charge in [0, 0.05) is 30.2 Å². The summed E-state index contributed by atoms with van der Waals surface area (Å²) in [5.41, 5.74) is 12.8. The molecule has 8 heteroatoms. The van der Waals surface area contributed by atoms with Crippen LogP contribution in [-0.2, 0) is 11.2 Å². The number of aliphatic imine (C=N–C) groups is 1. The third-order valence-corrected chi connectivity index (χ3v) is 3.48. The number of amides is 1. The topological polar surface area (TPSA) is 130 Å². The standard InChI is InChI=1S/C11H14N2O2.C4H7N3O/c1-15-11-5-9-8(4-10(11)14)7(2-3-12)6-13-9;1-7-2-3(8)6-4(7)5/h4-6,13-14H,2-3,12H2,1H3;2H2,1H3,(H2,5,6,8). The molecule has 0 fully saturated rings. The van der Waals surface area contributed by atoms with Crippen LogP contribution >= 0.6 is 0 Å². The van der Waals surface area contributed by atoms with Crippen LogP contribution in [0.1, 0.15) is 5.56 Å². The van der Waals surface area contributed by atoms with Crippen LogP contribution in [0, 0.1) is 0 Å². The number of benzene rings is 1. The van der Waals surface area contributed by atoms with E-state index < -0.39 is 0 Å². The van der Waals surface area contributed by atoms with Crippen molar-refractivity contribution in [2.24, 2.45) is 16.5 Å². The lowest BCUT2D eigenvalue weighted by Crippen LogP contribution is -2.29. The third kappa shape index (κ3) is 3.72. The van der Waals surface area contributed by atoms with Crippen LogP contribution in [0.4, 0.5) is 0 Å². The Labute approximate surface area is 133 Å². The van der Waals surface area contributed by atoms with E-state index >= 15 is 0 Å². The summed E-state index contributed by atoms with van der Waals surface area (Å²) in [6.45, 7) is 0.922. The molecule has 1 aliphatic heterocycles. The zero-order valence-electron chi connectivity index (χ0n) is 13.2. The van der Waals surface area contributed by atoms with Crippen LogP contribution in [-0.4, -0.2) is 54.1 Å². The van der Waals surface area contributed by atoms with Gasteiger partial charge < -0.3 is 31.2 Å². The fourth-order valence-corrected chi connectivity index (χ4v) is 2.25. The first-order chi connectivity index (χ1) is 11.0. The highest BCUT2D eigenvalue weighted by Crippen LogP contribution is 2.32. The average Bonchev–Trinajstić information content (AvgIpc) is 3.02. The Hall–Kier alpha value is -2.74. The van der Waals surface area contributed by atoms with Gasteiger partial charge in [0.25, 0.3) is 5.91 Å². The monoisotopic (exact) mass is 319 g/mol. The maximum Gasteiger partial charge on any atom is 0.268 e. The number of guanidine groups is 1. The van der Waals surface area contributed by atoms with Crippen molar-refractivity contribution < 1.29 is 14.6 Å². The lowest BCUT2D eigenvalue weighted by molar-refractivity contribution is -0.116. The normalized spacial score (nSPS) is 13.8. The molecule has 8 nitrogen and oxygen atoms in total. The van der Waals surface area contributed by atoms with E-state index in [1.165, 1.54) is 7.11 Å². The first-order valence-corrected chi connectivity index (χ1v) is 7.11. The lowest BCUT2D eigenvalue weighted by Gasteiger charge is -2.05. The predicted octanol–water partition coefficient (Wildman–Crippen LogP) is 0.156. The van der Waals surface area contributed by atoms with E-state index in [9.17, 15) is 9.90 Å². The summed E-state index contributed by atoms with van der Waals surface area (Å²) in [6.07, 6.45) is 2.71. The van der Waals surface area contributed by atoms with E-state index in [-0.39, 0.29) is 11.7 Å². The number of H-pyrrole nitrogens is 1.